The summed E-state index contributed by atoms with van der Waals surface area (Å²) in [4.78, 5) is 16.6. The van der Waals surface area contributed by atoms with Crippen molar-refractivity contribution < 1.29 is 9.90 Å². The SMILES string of the molecule is CCC(CC)N1CCN(C(=O)/C=C/C(O)c2ccc(Cl)c(Cl)c2)CC1.Cl. The van der Waals surface area contributed by atoms with Crippen LogP contribution in [0.15, 0.2) is 30.4 Å². The fourth-order valence-corrected chi connectivity index (χ4v) is 3.51. The third kappa shape index (κ3) is 6.14. The van der Waals surface area contributed by atoms with Crippen LogP contribution in [-0.4, -0.2) is 53.0 Å². The molecule has 26 heavy (non-hydrogen) atoms. The first-order valence-corrected chi connectivity index (χ1v) is 9.56. The molecular formula is C19H27Cl3N2O2. The predicted molar refractivity (Wildman–Crippen MR) is 110 cm³/mol. The summed E-state index contributed by atoms with van der Waals surface area (Å²) in [5.74, 6) is -0.0664. The van der Waals surface area contributed by atoms with Gasteiger partial charge in [0.05, 0.1) is 16.1 Å². The first-order chi connectivity index (χ1) is 12.0. The molecule has 1 heterocycles. The van der Waals surface area contributed by atoms with E-state index in [4.69, 9.17) is 23.2 Å². The highest BCUT2D eigenvalue weighted by molar-refractivity contribution is 6.42. The van der Waals surface area contributed by atoms with E-state index in [1.54, 1.807) is 18.2 Å². The summed E-state index contributed by atoms with van der Waals surface area (Å²) in [5, 5.41) is 11.0. The zero-order valence-corrected chi connectivity index (χ0v) is 17.5. The molecule has 1 saturated heterocycles. The Morgan fingerprint density at radius 2 is 1.77 bits per heavy atom. The summed E-state index contributed by atoms with van der Waals surface area (Å²) in [6.07, 6.45) is 4.33. The Morgan fingerprint density at radius 1 is 1.15 bits per heavy atom. The van der Waals surface area contributed by atoms with Crippen molar-refractivity contribution in [2.45, 2.75) is 38.8 Å². The maximum absolute atomic E-state index is 12.3. The zero-order valence-electron chi connectivity index (χ0n) is 15.2. The number of hydrogen-bond acceptors (Lipinski definition) is 3. The molecule has 0 saturated carbocycles. The molecule has 0 spiro atoms. The van der Waals surface area contributed by atoms with Gasteiger partial charge in [-0.05, 0) is 36.6 Å². The lowest BCUT2D eigenvalue weighted by molar-refractivity contribution is -0.128. The molecule has 1 atom stereocenters. The van der Waals surface area contributed by atoms with Gasteiger partial charge in [-0.25, -0.2) is 0 Å². The van der Waals surface area contributed by atoms with Gasteiger partial charge in [-0.2, -0.15) is 0 Å². The van der Waals surface area contributed by atoms with Crippen molar-refractivity contribution in [3.8, 4) is 0 Å². The third-order valence-electron chi connectivity index (χ3n) is 4.79. The highest BCUT2D eigenvalue weighted by Crippen LogP contribution is 2.26. The standard InChI is InChI=1S/C19H26Cl2N2O2.ClH/c1-3-15(4-2)22-9-11-23(12-10-22)19(25)8-7-18(24)14-5-6-16(20)17(21)13-14;/h5-8,13,15,18,24H,3-4,9-12H2,1-2H3;1H/b8-7+;. The molecular weight excluding hydrogens is 395 g/mol. The second-order valence-corrected chi connectivity index (χ2v) is 7.12. The van der Waals surface area contributed by atoms with E-state index in [-0.39, 0.29) is 18.3 Å². The largest absolute Gasteiger partial charge is 0.384 e. The summed E-state index contributed by atoms with van der Waals surface area (Å²) in [5.41, 5.74) is 0.608. The summed E-state index contributed by atoms with van der Waals surface area (Å²) < 4.78 is 0. The first kappa shape index (κ1) is 23.3. The molecule has 1 aliphatic rings. The van der Waals surface area contributed by atoms with Crippen molar-refractivity contribution in [3.05, 3.63) is 46.0 Å². The number of benzene rings is 1. The molecule has 0 aromatic heterocycles. The fraction of sp³-hybridized carbons (Fsp3) is 0.526. The number of nitrogens with zero attached hydrogens (tertiary/aromatic N) is 2. The number of aliphatic hydroxyl groups is 1. The van der Waals surface area contributed by atoms with Crippen LogP contribution in [0.1, 0.15) is 38.4 Å². The van der Waals surface area contributed by atoms with Gasteiger partial charge in [0, 0.05) is 38.3 Å². The molecule has 1 aromatic rings. The van der Waals surface area contributed by atoms with E-state index in [0.717, 1.165) is 39.0 Å². The smallest absolute Gasteiger partial charge is 0.246 e. The van der Waals surface area contributed by atoms with Crippen LogP contribution in [0.3, 0.4) is 0 Å². The lowest BCUT2D eigenvalue weighted by atomic mass is 10.1. The number of carbonyl (C=O) groups excluding carboxylic acids is 1. The van der Waals surface area contributed by atoms with E-state index in [1.807, 2.05) is 4.90 Å². The van der Waals surface area contributed by atoms with E-state index in [0.29, 0.717) is 21.7 Å². The van der Waals surface area contributed by atoms with Gasteiger partial charge in [0.25, 0.3) is 0 Å². The van der Waals surface area contributed by atoms with Crippen LogP contribution in [-0.2, 0) is 4.79 Å². The van der Waals surface area contributed by atoms with Gasteiger partial charge in [-0.3, -0.25) is 9.69 Å². The number of halogens is 3. The van der Waals surface area contributed by atoms with E-state index >= 15 is 0 Å². The molecule has 1 unspecified atom stereocenters. The molecule has 1 N–H and O–H groups in total. The van der Waals surface area contributed by atoms with Gasteiger partial charge in [0.1, 0.15) is 0 Å². The van der Waals surface area contributed by atoms with Crippen molar-refractivity contribution in [1.29, 1.82) is 0 Å². The zero-order chi connectivity index (χ0) is 18.4. The Kier molecular flexibility index (Phi) is 9.98. The molecule has 0 radical (unpaired) electrons. The predicted octanol–water partition coefficient (Wildman–Crippen LogP) is 4.34. The minimum atomic E-state index is -0.885. The van der Waals surface area contributed by atoms with Crippen LogP contribution in [0.2, 0.25) is 10.0 Å². The minimum absolute atomic E-state index is 0. The Balaban J connectivity index is 0.00000338. The average molecular weight is 422 g/mol. The summed E-state index contributed by atoms with van der Waals surface area (Å²) >= 11 is 11.8. The number of carbonyl (C=O) groups is 1. The molecule has 0 aliphatic carbocycles. The Hall–Kier alpha value is -0.780. The number of piperazine rings is 1. The van der Waals surface area contributed by atoms with Crippen LogP contribution in [0.25, 0.3) is 0 Å². The van der Waals surface area contributed by atoms with Gasteiger partial charge in [-0.15, -0.1) is 12.4 Å². The summed E-state index contributed by atoms with van der Waals surface area (Å²) in [6.45, 7) is 7.67. The van der Waals surface area contributed by atoms with E-state index < -0.39 is 6.10 Å². The third-order valence-corrected chi connectivity index (χ3v) is 5.53. The Labute approximate surface area is 172 Å². The van der Waals surface area contributed by atoms with Crippen molar-refractivity contribution in [1.82, 2.24) is 9.80 Å². The fourth-order valence-electron chi connectivity index (χ4n) is 3.20. The van der Waals surface area contributed by atoms with Gasteiger partial charge in [0.15, 0.2) is 0 Å². The van der Waals surface area contributed by atoms with E-state index in [9.17, 15) is 9.90 Å². The molecule has 1 aromatic carbocycles. The van der Waals surface area contributed by atoms with Gasteiger partial charge in [-0.1, -0.05) is 43.1 Å². The molecule has 146 valence electrons. The Bertz CT molecular complexity index is 613. The summed E-state index contributed by atoms with van der Waals surface area (Å²) in [7, 11) is 0. The lowest BCUT2D eigenvalue weighted by Gasteiger charge is -2.38. The normalized spacial score (nSPS) is 16.8. The van der Waals surface area contributed by atoms with Crippen molar-refractivity contribution >= 4 is 41.5 Å². The first-order valence-electron chi connectivity index (χ1n) is 8.80. The highest BCUT2D eigenvalue weighted by atomic mass is 35.5. The second-order valence-electron chi connectivity index (χ2n) is 6.31. The van der Waals surface area contributed by atoms with Crippen molar-refractivity contribution in [3.63, 3.8) is 0 Å². The quantitative estimate of drug-likeness (QED) is 0.695. The van der Waals surface area contributed by atoms with Gasteiger partial charge < -0.3 is 10.0 Å². The van der Waals surface area contributed by atoms with Crippen LogP contribution in [0.5, 0.6) is 0 Å². The number of aliphatic hydroxyl groups excluding tert-OH is 1. The van der Waals surface area contributed by atoms with Crippen LogP contribution in [0, 0.1) is 0 Å². The van der Waals surface area contributed by atoms with Gasteiger partial charge >= 0.3 is 0 Å². The van der Waals surface area contributed by atoms with Crippen molar-refractivity contribution in [2.24, 2.45) is 0 Å². The highest BCUT2D eigenvalue weighted by Gasteiger charge is 2.23. The average Bonchev–Trinajstić information content (AvgIpc) is 2.63. The molecule has 0 bridgehead atoms. The molecule has 1 amide bonds. The molecule has 2 rings (SSSR count). The lowest BCUT2D eigenvalue weighted by Crippen LogP contribution is -2.51. The topological polar surface area (TPSA) is 43.8 Å². The number of hydrogen-bond donors (Lipinski definition) is 1. The van der Waals surface area contributed by atoms with Crippen LogP contribution >= 0.6 is 35.6 Å². The summed E-state index contributed by atoms with van der Waals surface area (Å²) in [6, 6.07) is 5.54. The second kappa shape index (κ2) is 11.2. The molecule has 1 aliphatic heterocycles. The monoisotopic (exact) mass is 420 g/mol. The molecule has 4 nitrogen and oxygen atoms in total. The van der Waals surface area contributed by atoms with E-state index in [1.165, 1.54) is 12.2 Å². The molecule has 1 fully saturated rings. The van der Waals surface area contributed by atoms with Crippen LogP contribution in [0.4, 0.5) is 0 Å². The Morgan fingerprint density at radius 3 is 2.31 bits per heavy atom. The minimum Gasteiger partial charge on any atom is -0.384 e. The number of rotatable bonds is 6. The maximum atomic E-state index is 12.3. The van der Waals surface area contributed by atoms with Gasteiger partial charge in [0.2, 0.25) is 5.91 Å². The maximum Gasteiger partial charge on any atom is 0.246 e. The molecule has 7 heteroatoms. The number of amides is 1. The van der Waals surface area contributed by atoms with E-state index in [2.05, 4.69) is 18.7 Å². The van der Waals surface area contributed by atoms with Crippen LogP contribution < -0.4 is 0 Å². The van der Waals surface area contributed by atoms with Crippen molar-refractivity contribution in [2.75, 3.05) is 26.2 Å².